The van der Waals surface area contributed by atoms with Gasteiger partial charge in [-0.3, -0.25) is 9.59 Å². The third-order valence-electron chi connectivity index (χ3n) is 2.35. The Balaban J connectivity index is 2.54. The lowest BCUT2D eigenvalue weighted by Crippen LogP contribution is -2.04. The molecule has 0 fully saturated rings. The molecule has 92 valence electrons. The van der Waals surface area contributed by atoms with Crippen molar-refractivity contribution in [3.63, 3.8) is 0 Å². The fourth-order valence-corrected chi connectivity index (χ4v) is 1.41. The lowest BCUT2D eigenvalue weighted by Gasteiger charge is -2.05. The number of nitrogens with one attached hydrogen (secondary N) is 1. The van der Waals surface area contributed by atoms with Crippen molar-refractivity contribution in [3.05, 3.63) is 29.8 Å². The maximum Gasteiger partial charge on any atom is 0.303 e. The first kappa shape index (κ1) is 13.2. The molecule has 0 bridgehead atoms. The molecular formula is C13H17NO3. The smallest absolute Gasteiger partial charge is 0.303 e. The van der Waals surface area contributed by atoms with E-state index in [1.54, 1.807) is 12.1 Å². The van der Waals surface area contributed by atoms with Crippen molar-refractivity contribution in [2.75, 3.05) is 11.9 Å². The minimum Gasteiger partial charge on any atom is -0.481 e. The minimum absolute atomic E-state index is 0.0526. The Morgan fingerprint density at radius 2 is 1.82 bits per heavy atom. The van der Waals surface area contributed by atoms with Gasteiger partial charge in [-0.2, -0.15) is 0 Å². The highest BCUT2D eigenvalue weighted by Crippen LogP contribution is 2.11. The zero-order valence-corrected chi connectivity index (χ0v) is 9.90. The van der Waals surface area contributed by atoms with Crippen molar-refractivity contribution in [2.24, 2.45) is 0 Å². The van der Waals surface area contributed by atoms with Crippen LogP contribution in [0, 0.1) is 0 Å². The van der Waals surface area contributed by atoms with E-state index in [2.05, 4.69) is 12.2 Å². The summed E-state index contributed by atoms with van der Waals surface area (Å²) in [5.74, 6) is -1.07. The van der Waals surface area contributed by atoms with Gasteiger partial charge >= 0.3 is 5.97 Å². The van der Waals surface area contributed by atoms with Crippen molar-refractivity contribution in [2.45, 2.75) is 26.2 Å². The van der Waals surface area contributed by atoms with Crippen molar-refractivity contribution in [3.8, 4) is 0 Å². The van der Waals surface area contributed by atoms with E-state index in [4.69, 9.17) is 5.11 Å². The van der Waals surface area contributed by atoms with Crippen molar-refractivity contribution < 1.29 is 14.7 Å². The van der Waals surface area contributed by atoms with E-state index < -0.39 is 5.97 Å². The summed E-state index contributed by atoms with van der Waals surface area (Å²) in [4.78, 5) is 21.9. The van der Waals surface area contributed by atoms with E-state index in [9.17, 15) is 9.59 Å². The molecule has 0 heterocycles. The van der Waals surface area contributed by atoms with Gasteiger partial charge in [-0.15, -0.1) is 0 Å². The summed E-state index contributed by atoms with van der Waals surface area (Å²) in [5.41, 5.74) is 1.54. The van der Waals surface area contributed by atoms with Crippen LogP contribution in [0.4, 0.5) is 5.69 Å². The van der Waals surface area contributed by atoms with Crippen LogP contribution >= 0.6 is 0 Å². The van der Waals surface area contributed by atoms with Crippen LogP contribution in [-0.4, -0.2) is 23.4 Å². The van der Waals surface area contributed by atoms with Crippen LogP contribution in [-0.2, 0) is 4.79 Å². The predicted molar refractivity (Wildman–Crippen MR) is 66.4 cm³/mol. The van der Waals surface area contributed by atoms with E-state index in [-0.39, 0.29) is 18.6 Å². The molecule has 4 nitrogen and oxygen atoms in total. The summed E-state index contributed by atoms with van der Waals surface area (Å²) < 4.78 is 0. The lowest BCUT2D eigenvalue weighted by atomic mass is 10.1. The second-order valence-corrected chi connectivity index (χ2v) is 3.82. The molecule has 17 heavy (non-hydrogen) atoms. The van der Waals surface area contributed by atoms with Crippen molar-refractivity contribution >= 4 is 17.4 Å². The van der Waals surface area contributed by atoms with Gasteiger partial charge in [0.25, 0.3) is 0 Å². The van der Waals surface area contributed by atoms with Crippen LogP contribution in [0.1, 0.15) is 36.5 Å². The molecule has 0 radical (unpaired) electrons. The van der Waals surface area contributed by atoms with Crippen LogP contribution < -0.4 is 5.32 Å². The number of Topliss-reactive ketones (excluding diaryl/α,β-unsaturated/α-hetero) is 1. The third kappa shape index (κ3) is 4.68. The van der Waals surface area contributed by atoms with E-state index in [1.807, 2.05) is 12.1 Å². The molecule has 0 spiro atoms. The van der Waals surface area contributed by atoms with Crippen LogP contribution in [0.3, 0.4) is 0 Å². The van der Waals surface area contributed by atoms with Gasteiger partial charge in [0.1, 0.15) is 0 Å². The van der Waals surface area contributed by atoms with E-state index in [0.29, 0.717) is 5.56 Å². The van der Waals surface area contributed by atoms with Crippen LogP contribution in [0.5, 0.6) is 0 Å². The second kappa shape index (κ2) is 6.68. The molecule has 1 aromatic carbocycles. The third-order valence-corrected chi connectivity index (χ3v) is 2.35. The molecule has 0 aromatic heterocycles. The summed E-state index contributed by atoms with van der Waals surface area (Å²) in [6, 6.07) is 7.12. The number of aliphatic carboxylic acids is 1. The largest absolute Gasteiger partial charge is 0.481 e. The average Bonchev–Trinajstić information content (AvgIpc) is 2.34. The van der Waals surface area contributed by atoms with Crippen LogP contribution in [0.2, 0.25) is 0 Å². The zero-order chi connectivity index (χ0) is 12.7. The Labute approximate surface area is 101 Å². The van der Waals surface area contributed by atoms with Gasteiger partial charge in [0.05, 0.1) is 6.42 Å². The Morgan fingerprint density at radius 1 is 1.18 bits per heavy atom. The second-order valence-electron chi connectivity index (χ2n) is 3.82. The number of carboxylic acid groups (broad SMARTS) is 1. The van der Waals surface area contributed by atoms with Gasteiger partial charge in [-0.25, -0.2) is 0 Å². The number of carbonyl (C=O) groups excluding carboxylic acids is 1. The number of anilines is 1. The number of rotatable bonds is 7. The van der Waals surface area contributed by atoms with Gasteiger partial charge < -0.3 is 10.4 Å². The summed E-state index contributed by atoms with van der Waals surface area (Å²) in [6.07, 6.45) is 0.977. The highest BCUT2D eigenvalue weighted by molar-refractivity contribution is 5.97. The number of ketones is 1. The fourth-order valence-electron chi connectivity index (χ4n) is 1.41. The number of hydrogen-bond acceptors (Lipinski definition) is 3. The normalized spacial score (nSPS) is 9.94. The quantitative estimate of drug-likeness (QED) is 0.713. The first-order chi connectivity index (χ1) is 8.13. The molecular weight excluding hydrogens is 218 g/mol. The van der Waals surface area contributed by atoms with Gasteiger partial charge in [0, 0.05) is 24.2 Å². The molecule has 0 amide bonds. The Hall–Kier alpha value is -1.84. The number of carboxylic acids is 1. The molecule has 2 N–H and O–H groups in total. The summed E-state index contributed by atoms with van der Waals surface area (Å²) in [6.45, 7) is 2.98. The molecule has 0 saturated heterocycles. The average molecular weight is 235 g/mol. The molecule has 0 saturated carbocycles. The van der Waals surface area contributed by atoms with Crippen LogP contribution in [0.15, 0.2) is 24.3 Å². The SMILES string of the molecule is CCCNc1ccc(C(=O)CCC(=O)O)cc1. The minimum atomic E-state index is -0.945. The number of hydrogen-bond donors (Lipinski definition) is 2. The lowest BCUT2D eigenvalue weighted by molar-refractivity contribution is -0.136. The summed E-state index contributed by atoms with van der Waals surface area (Å²) in [5, 5.41) is 11.7. The molecule has 0 atom stereocenters. The van der Waals surface area contributed by atoms with Gasteiger partial charge in [-0.05, 0) is 30.7 Å². The van der Waals surface area contributed by atoms with E-state index in [0.717, 1.165) is 18.7 Å². The molecule has 0 aliphatic carbocycles. The van der Waals surface area contributed by atoms with Gasteiger partial charge in [-0.1, -0.05) is 6.92 Å². The van der Waals surface area contributed by atoms with E-state index >= 15 is 0 Å². The van der Waals surface area contributed by atoms with Crippen molar-refractivity contribution in [1.29, 1.82) is 0 Å². The summed E-state index contributed by atoms with van der Waals surface area (Å²) in [7, 11) is 0. The standard InChI is InChI=1S/C13H17NO3/c1-2-9-14-11-5-3-10(4-6-11)12(15)7-8-13(16)17/h3-6,14H,2,7-9H2,1H3,(H,16,17). The van der Waals surface area contributed by atoms with Gasteiger partial charge in [0.2, 0.25) is 0 Å². The van der Waals surface area contributed by atoms with E-state index in [1.165, 1.54) is 0 Å². The predicted octanol–water partition coefficient (Wildman–Crippen LogP) is 2.56. The Morgan fingerprint density at radius 3 is 2.35 bits per heavy atom. The molecule has 1 rings (SSSR count). The zero-order valence-electron chi connectivity index (χ0n) is 9.90. The first-order valence-electron chi connectivity index (χ1n) is 5.72. The van der Waals surface area contributed by atoms with Crippen molar-refractivity contribution in [1.82, 2.24) is 0 Å². The Bertz CT molecular complexity index is 384. The fraction of sp³-hybridized carbons (Fsp3) is 0.385. The topological polar surface area (TPSA) is 66.4 Å². The first-order valence-corrected chi connectivity index (χ1v) is 5.72. The number of benzene rings is 1. The summed E-state index contributed by atoms with van der Waals surface area (Å²) >= 11 is 0. The molecule has 1 aromatic rings. The van der Waals surface area contributed by atoms with Gasteiger partial charge in [0.15, 0.2) is 5.78 Å². The molecule has 0 aliphatic rings. The monoisotopic (exact) mass is 235 g/mol. The van der Waals surface area contributed by atoms with Crippen LogP contribution in [0.25, 0.3) is 0 Å². The number of carbonyl (C=O) groups is 2. The molecule has 0 aliphatic heterocycles. The molecule has 0 unspecified atom stereocenters. The highest BCUT2D eigenvalue weighted by Gasteiger charge is 2.07. The highest BCUT2D eigenvalue weighted by atomic mass is 16.4. The maximum absolute atomic E-state index is 11.6. The molecule has 4 heteroatoms. The Kier molecular flexibility index (Phi) is 5.20. The maximum atomic E-state index is 11.6.